The van der Waals surface area contributed by atoms with Crippen LogP contribution < -0.4 is 4.74 Å². The van der Waals surface area contributed by atoms with E-state index in [0.717, 1.165) is 15.6 Å². The maximum atomic E-state index is 13.6. The van der Waals surface area contributed by atoms with Gasteiger partial charge in [-0.25, -0.2) is 18.4 Å². The number of halogens is 1. The third-order valence-electron chi connectivity index (χ3n) is 5.64. The van der Waals surface area contributed by atoms with Crippen LogP contribution in [0, 0.1) is 6.92 Å². The van der Waals surface area contributed by atoms with Crippen molar-refractivity contribution >= 4 is 25.8 Å². The summed E-state index contributed by atoms with van der Waals surface area (Å²) in [5, 5.41) is 7.66. The lowest BCUT2D eigenvalue weighted by atomic mass is 10.2. The Bertz CT molecular complexity index is 1460. The van der Waals surface area contributed by atoms with E-state index in [2.05, 4.69) is 41.1 Å². The van der Waals surface area contributed by atoms with Crippen molar-refractivity contribution in [3.63, 3.8) is 0 Å². The monoisotopic (exact) mass is 572 g/mol. The van der Waals surface area contributed by atoms with Crippen molar-refractivity contribution in [3.8, 4) is 22.8 Å². The first-order chi connectivity index (χ1) is 17.2. The van der Waals surface area contributed by atoms with E-state index in [0.29, 0.717) is 17.3 Å². The third kappa shape index (κ3) is 5.45. The first-order valence-corrected chi connectivity index (χ1v) is 13.5. The fourth-order valence-electron chi connectivity index (χ4n) is 3.75. The molecule has 4 aromatic rings. The lowest BCUT2D eigenvalue weighted by Gasteiger charge is -2.21. The van der Waals surface area contributed by atoms with Crippen molar-refractivity contribution in [2.75, 3.05) is 14.2 Å². The summed E-state index contributed by atoms with van der Waals surface area (Å²) in [6, 6.07) is 9.41. The Morgan fingerprint density at radius 3 is 2.44 bits per heavy atom. The summed E-state index contributed by atoms with van der Waals surface area (Å²) >= 11 is 3.49. The molecule has 4 rings (SSSR count). The molecule has 3 heterocycles. The van der Waals surface area contributed by atoms with Gasteiger partial charge in [0.15, 0.2) is 33.1 Å². The summed E-state index contributed by atoms with van der Waals surface area (Å²) in [4.78, 5) is 12.7. The topological polar surface area (TPSA) is 122 Å². The molecule has 0 fully saturated rings. The van der Waals surface area contributed by atoms with Crippen molar-refractivity contribution in [1.29, 1.82) is 0 Å². The molecule has 0 aliphatic heterocycles. The van der Waals surface area contributed by atoms with Gasteiger partial charge in [0.1, 0.15) is 11.9 Å². The number of rotatable bonds is 9. The molecule has 0 amide bonds. The van der Waals surface area contributed by atoms with Crippen molar-refractivity contribution in [2.24, 2.45) is 0 Å². The van der Waals surface area contributed by atoms with E-state index in [1.54, 1.807) is 23.9 Å². The Kier molecular flexibility index (Phi) is 7.76. The number of ether oxygens (including phenoxy) is 2. The van der Waals surface area contributed by atoms with Gasteiger partial charge in [0.25, 0.3) is 0 Å². The maximum Gasteiger partial charge on any atom is 0.170 e. The van der Waals surface area contributed by atoms with Gasteiger partial charge in [-0.2, -0.15) is 0 Å². The van der Waals surface area contributed by atoms with E-state index in [4.69, 9.17) is 9.47 Å². The van der Waals surface area contributed by atoms with Crippen LogP contribution in [0.1, 0.15) is 30.2 Å². The Labute approximate surface area is 217 Å². The number of benzene rings is 1. The second-order valence-corrected chi connectivity index (χ2v) is 11.4. The molecular formula is C24H25BrN6O4S. The number of nitrogens with zero attached hydrogens (tertiary/aromatic N) is 6. The Hall–Kier alpha value is -3.22. The lowest BCUT2D eigenvalue weighted by molar-refractivity contribution is 0.0946. The molecule has 0 bridgehead atoms. The number of hydrogen-bond donors (Lipinski definition) is 0. The quantitative estimate of drug-likeness (QED) is 0.294. The average molecular weight is 573 g/mol. The molecule has 0 aliphatic rings. The van der Waals surface area contributed by atoms with Crippen LogP contribution in [0.15, 0.2) is 59.6 Å². The van der Waals surface area contributed by atoms with Gasteiger partial charge in [-0.15, -0.1) is 10.2 Å². The normalized spacial score (nSPS) is 13.4. The van der Waals surface area contributed by atoms with Gasteiger partial charge in [0.05, 0.1) is 30.4 Å². The van der Waals surface area contributed by atoms with Gasteiger partial charge >= 0.3 is 0 Å². The first kappa shape index (κ1) is 25.9. The molecule has 3 aromatic heterocycles. The van der Waals surface area contributed by atoms with Gasteiger partial charge in [0.2, 0.25) is 0 Å². The van der Waals surface area contributed by atoms with Crippen LogP contribution >= 0.6 is 15.9 Å². The predicted molar refractivity (Wildman–Crippen MR) is 137 cm³/mol. The van der Waals surface area contributed by atoms with E-state index in [1.807, 2.05) is 37.3 Å². The number of sulfone groups is 1. The molecule has 0 saturated heterocycles. The average Bonchev–Trinajstić information content (AvgIpc) is 3.27. The van der Waals surface area contributed by atoms with Crippen LogP contribution in [0.5, 0.6) is 5.75 Å². The molecule has 10 nitrogen and oxygen atoms in total. The fraction of sp³-hybridized carbons (Fsp3) is 0.292. The number of aryl methyl sites for hydroxylation is 1. The number of pyridine rings is 1. The zero-order chi connectivity index (χ0) is 25.9. The highest BCUT2D eigenvalue weighted by Crippen LogP contribution is 2.29. The van der Waals surface area contributed by atoms with Gasteiger partial charge in [-0.05, 0) is 43.7 Å². The van der Waals surface area contributed by atoms with Gasteiger partial charge in [-0.1, -0.05) is 22.0 Å². The van der Waals surface area contributed by atoms with Gasteiger partial charge in [0, 0.05) is 29.5 Å². The Balaban J connectivity index is 1.74. The Morgan fingerprint density at radius 2 is 1.81 bits per heavy atom. The molecule has 12 heteroatoms. The molecule has 0 saturated carbocycles. The van der Waals surface area contributed by atoms with Crippen LogP contribution in [-0.2, 0) is 20.3 Å². The number of hydrogen-bond acceptors (Lipinski definition) is 9. The minimum absolute atomic E-state index is 0.245. The van der Waals surface area contributed by atoms with Gasteiger partial charge in [-0.3, -0.25) is 9.55 Å². The summed E-state index contributed by atoms with van der Waals surface area (Å²) in [7, 11) is -0.864. The van der Waals surface area contributed by atoms with Crippen molar-refractivity contribution in [3.05, 3.63) is 76.8 Å². The van der Waals surface area contributed by atoms with Crippen molar-refractivity contribution in [1.82, 2.24) is 29.7 Å². The zero-order valence-corrected chi connectivity index (χ0v) is 22.6. The van der Waals surface area contributed by atoms with E-state index in [1.165, 1.54) is 26.6 Å². The van der Waals surface area contributed by atoms with E-state index in [9.17, 15) is 8.42 Å². The SMILES string of the molecule is COc1cnc([C@@H](OC)[C@H](C)S(=O)(=O)Cc2nnc(-c3cncc(C)c3)n2-c2cccc(Br)c2)nc1. The summed E-state index contributed by atoms with van der Waals surface area (Å²) < 4.78 is 40.3. The third-order valence-corrected chi connectivity index (χ3v) is 8.18. The molecule has 0 radical (unpaired) electrons. The summed E-state index contributed by atoms with van der Waals surface area (Å²) in [5.41, 5.74) is 2.38. The van der Waals surface area contributed by atoms with Crippen LogP contribution in [0.25, 0.3) is 17.1 Å². The standard InChI is InChI=1S/C24H25BrN6O4S/c1-15-8-17(11-26-10-15)24-30-29-21(31(24)19-7-5-6-18(25)9-19)14-36(32,33)16(2)22(35-4)23-27-12-20(34-3)13-28-23/h5-13,16,22H,14H2,1-4H3/t16-,22-/m0/s1. The molecule has 0 spiro atoms. The van der Waals surface area contributed by atoms with E-state index in [-0.39, 0.29) is 17.4 Å². The van der Waals surface area contributed by atoms with Gasteiger partial charge < -0.3 is 9.47 Å². The second-order valence-electron chi connectivity index (χ2n) is 8.16. The molecule has 0 unspecified atom stereocenters. The highest BCUT2D eigenvalue weighted by Gasteiger charge is 2.34. The van der Waals surface area contributed by atoms with Crippen LogP contribution in [0.4, 0.5) is 0 Å². The fourth-order valence-corrected chi connectivity index (χ4v) is 5.55. The van der Waals surface area contributed by atoms with Crippen molar-refractivity contribution < 1.29 is 17.9 Å². The smallest absolute Gasteiger partial charge is 0.170 e. The van der Waals surface area contributed by atoms with Crippen LogP contribution in [0.3, 0.4) is 0 Å². The summed E-state index contributed by atoms with van der Waals surface area (Å²) in [5.74, 6) is 1.09. The molecule has 0 aliphatic carbocycles. The molecule has 188 valence electrons. The minimum atomic E-state index is -3.79. The molecule has 1 aromatic carbocycles. The highest BCUT2D eigenvalue weighted by molar-refractivity contribution is 9.10. The predicted octanol–water partition coefficient (Wildman–Crippen LogP) is 3.89. The zero-order valence-electron chi connectivity index (χ0n) is 20.2. The molecular weight excluding hydrogens is 548 g/mol. The highest BCUT2D eigenvalue weighted by atomic mass is 79.9. The summed E-state index contributed by atoms with van der Waals surface area (Å²) in [6.07, 6.45) is 5.47. The first-order valence-electron chi connectivity index (χ1n) is 11.0. The molecule has 0 N–H and O–H groups in total. The lowest BCUT2D eigenvalue weighted by Crippen LogP contribution is -2.30. The number of aromatic nitrogens is 6. The number of methoxy groups -OCH3 is 2. The molecule has 36 heavy (non-hydrogen) atoms. The Morgan fingerprint density at radius 1 is 1.06 bits per heavy atom. The van der Waals surface area contributed by atoms with Crippen molar-refractivity contribution in [2.45, 2.75) is 31.0 Å². The van der Waals surface area contributed by atoms with E-state index >= 15 is 0 Å². The summed E-state index contributed by atoms with van der Waals surface area (Å²) in [6.45, 7) is 3.50. The maximum absolute atomic E-state index is 13.6. The molecule has 2 atom stereocenters. The largest absolute Gasteiger partial charge is 0.494 e. The minimum Gasteiger partial charge on any atom is -0.494 e. The second kappa shape index (κ2) is 10.8. The van der Waals surface area contributed by atoms with E-state index < -0.39 is 21.2 Å². The van der Waals surface area contributed by atoms with Crippen LogP contribution in [0.2, 0.25) is 0 Å². The van der Waals surface area contributed by atoms with Crippen LogP contribution in [-0.4, -0.2) is 57.6 Å².